The average Bonchev–Trinajstić information content (AvgIpc) is 3.40. The summed E-state index contributed by atoms with van der Waals surface area (Å²) in [6.45, 7) is 0.622. The Hall–Kier alpha value is -2.80. The van der Waals surface area contributed by atoms with E-state index in [9.17, 15) is 4.79 Å². The molecule has 1 aliphatic carbocycles. The molecule has 1 aliphatic rings. The van der Waals surface area contributed by atoms with Gasteiger partial charge in [0.15, 0.2) is 0 Å². The van der Waals surface area contributed by atoms with Crippen LogP contribution in [0.2, 0.25) is 0 Å². The summed E-state index contributed by atoms with van der Waals surface area (Å²) in [6, 6.07) is 19.9. The molecule has 0 spiro atoms. The molecular formula is C19H18N2O2. The van der Waals surface area contributed by atoms with Gasteiger partial charge in [-0.05, 0) is 35.6 Å². The van der Waals surface area contributed by atoms with Gasteiger partial charge in [0.1, 0.15) is 18.9 Å². The van der Waals surface area contributed by atoms with Crippen molar-refractivity contribution in [1.82, 2.24) is 5.32 Å². The van der Waals surface area contributed by atoms with E-state index in [1.54, 1.807) is 0 Å². The van der Waals surface area contributed by atoms with Crippen molar-refractivity contribution in [2.24, 2.45) is 5.92 Å². The van der Waals surface area contributed by atoms with Gasteiger partial charge in [0.25, 0.3) is 0 Å². The number of amides is 1. The van der Waals surface area contributed by atoms with Crippen LogP contribution < -0.4 is 10.1 Å². The van der Waals surface area contributed by atoms with E-state index in [4.69, 9.17) is 10.00 Å². The molecule has 23 heavy (non-hydrogen) atoms. The van der Waals surface area contributed by atoms with Gasteiger partial charge in [-0.15, -0.1) is 0 Å². The van der Waals surface area contributed by atoms with Crippen LogP contribution in [-0.4, -0.2) is 12.5 Å². The van der Waals surface area contributed by atoms with Crippen LogP contribution in [0, 0.1) is 17.2 Å². The Morgan fingerprint density at radius 3 is 2.61 bits per heavy atom. The van der Waals surface area contributed by atoms with Crippen molar-refractivity contribution in [2.45, 2.75) is 18.9 Å². The van der Waals surface area contributed by atoms with Gasteiger partial charge in [-0.1, -0.05) is 42.5 Å². The molecule has 3 rings (SSSR count). The van der Waals surface area contributed by atoms with Gasteiger partial charge in [0.2, 0.25) is 5.91 Å². The van der Waals surface area contributed by atoms with E-state index in [1.807, 2.05) is 60.7 Å². The fourth-order valence-corrected chi connectivity index (χ4v) is 2.66. The molecule has 0 radical (unpaired) electrons. The Labute approximate surface area is 135 Å². The van der Waals surface area contributed by atoms with E-state index in [1.165, 1.54) is 0 Å². The first-order chi connectivity index (χ1) is 11.3. The van der Waals surface area contributed by atoms with Crippen molar-refractivity contribution in [3.8, 4) is 11.8 Å². The lowest BCUT2D eigenvalue weighted by atomic mass is 10.1. The lowest BCUT2D eigenvalue weighted by molar-refractivity contribution is -0.122. The van der Waals surface area contributed by atoms with Crippen LogP contribution in [0.5, 0.6) is 5.75 Å². The molecular weight excluding hydrogens is 288 g/mol. The molecule has 1 fully saturated rings. The second-order valence-corrected chi connectivity index (χ2v) is 5.67. The lowest BCUT2D eigenvalue weighted by Crippen LogP contribution is -2.25. The SMILES string of the molecule is N#CCNC(=O)[C@@H]1C[C@H]1c1ccc(OCc2ccccc2)cc1. The van der Waals surface area contributed by atoms with Crippen molar-refractivity contribution in [3.63, 3.8) is 0 Å². The number of carbonyl (C=O) groups excluding carboxylic acids is 1. The summed E-state index contributed by atoms with van der Waals surface area (Å²) in [7, 11) is 0. The Kier molecular flexibility index (Phi) is 4.58. The molecule has 0 unspecified atom stereocenters. The van der Waals surface area contributed by atoms with Crippen LogP contribution in [0.3, 0.4) is 0 Å². The highest BCUT2D eigenvalue weighted by Gasteiger charge is 2.43. The molecule has 2 atom stereocenters. The maximum atomic E-state index is 11.8. The van der Waals surface area contributed by atoms with Crippen LogP contribution in [0.25, 0.3) is 0 Å². The van der Waals surface area contributed by atoms with Gasteiger partial charge in [-0.25, -0.2) is 0 Å². The minimum Gasteiger partial charge on any atom is -0.489 e. The maximum absolute atomic E-state index is 11.8. The number of benzene rings is 2. The standard InChI is InChI=1S/C19H18N2O2/c20-10-11-21-19(22)18-12-17(18)15-6-8-16(9-7-15)23-13-14-4-2-1-3-5-14/h1-9,17-18H,11-13H2,(H,21,22)/t17-,18+/m0/s1. The first kappa shape index (κ1) is 15.1. The Balaban J connectivity index is 1.52. The fourth-order valence-electron chi connectivity index (χ4n) is 2.66. The average molecular weight is 306 g/mol. The number of hydrogen-bond donors (Lipinski definition) is 1. The molecule has 4 heteroatoms. The number of rotatable bonds is 6. The van der Waals surface area contributed by atoms with Crippen molar-refractivity contribution < 1.29 is 9.53 Å². The topological polar surface area (TPSA) is 62.1 Å². The number of ether oxygens (including phenoxy) is 1. The summed E-state index contributed by atoms with van der Waals surface area (Å²) < 4.78 is 5.76. The third kappa shape index (κ3) is 3.89. The highest BCUT2D eigenvalue weighted by Crippen LogP contribution is 2.47. The number of nitriles is 1. The Morgan fingerprint density at radius 1 is 1.17 bits per heavy atom. The second-order valence-electron chi connectivity index (χ2n) is 5.67. The van der Waals surface area contributed by atoms with Crippen LogP contribution in [0.4, 0.5) is 0 Å². The Morgan fingerprint density at radius 2 is 1.91 bits per heavy atom. The first-order valence-corrected chi connectivity index (χ1v) is 7.69. The van der Waals surface area contributed by atoms with Crippen LogP contribution >= 0.6 is 0 Å². The van der Waals surface area contributed by atoms with Gasteiger partial charge in [-0.2, -0.15) is 5.26 Å². The van der Waals surface area contributed by atoms with E-state index in [-0.39, 0.29) is 24.3 Å². The summed E-state index contributed by atoms with van der Waals surface area (Å²) >= 11 is 0. The molecule has 4 nitrogen and oxygen atoms in total. The monoisotopic (exact) mass is 306 g/mol. The van der Waals surface area contributed by atoms with E-state index < -0.39 is 0 Å². The van der Waals surface area contributed by atoms with E-state index in [0.717, 1.165) is 23.3 Å². The molecule has 1 N–H and O–H groups in total. The van der Waals surface area contributed by atoms with Crippen LogP contribution in [0.15, 0.2) is 54.6 Å². The van der Waals surface area contributed by atoms with Gasteiger partial charge in [-0.3, -0.25) is 4.79 Å². The maximum Gasteiger partial charge on any atom is 0.224 e. The molecule has 0 heterocycles. The summed E-state index contributed by atoms with van der Waals surface area (Å²) in [5, 5.41) is 11.1. The molecule has 0 aliphatic heterocycles. The van der Waals surface area contributed by atoms with Crippen molar-refractivity contribution in [1.29, 1.82) is 5.26 Å². The second kappa shape index (κ2) is 6.97. The smallest absolute Gasteiger partial charge is 0.224 e. The molecule has 2 aromatic rings. The fraction of sp³-hybridized carbons (Fsp3) is 0.263. The van der Waals surface area contributed by atoms with Gasteiger partial charge >= 0.3 is 0 Å². The van der Waals surface area contributed by atoms with Crippen molar-refractivity contribution in [3.05, 3.63) is 65.7 Å². The van der Waals surface area contributed by atoms with Crippen LogP contribution in [0.1, 0.15) is 23.5 Å². The third-order valence-electron chi connectivity index (χ3n) is 4.03. The van der Waals surface area contributed by atoms with Crippen molar-refractivity contribution >= 4 is 5.91 Å². The highest BCUT2D eigenvalue weighted by atomic mass is 16.5. The third-order valence-corrected chi connectivity index (χ3v) is 4.03. The zero-order valence-corrected chi connectivity index (χ0v) is 12.7. The predicted octanol–water partition coefficient (Wildman–Crippen LogP) is 3.01. The number of nitrogens with zero attached hydrogens (tertiary/aromatic N) is 1. The molecule has 0 aromatic heterocycles. The minimum atomic E-state index is -0.0269. The minimum absolute atomic E-state index is 0.000521. The zero-order chi connectivity index (χ0) is 16.1. The summed E-state index contributed by atoms with van der Waals surface area (Å²) in [4.78, 5) is 11.8. The quantitative estimate of drug-likeness (QED) is 0.834. The van der Waals surface area contributed by atoms with Gasteiger partial charge < -0.3 is 10.1 Å². The number of hydrogen-bond acceptors (Lipinski definition) is 3. The predicted molar refractivity (Wildman–Crippen MR) is 86.7 cm³/mol. The van der Waals surface area contributed by atoms with Crippen molar-refractivity contribution in [2.75, 3.05) is 6.54 Å². The van der Waals surface area contributed by atoms with E-state index in [2.05, 4.69) is 5.32 Å². The summed E-state index contributed by atoms with van der Waals surface area (Å²) in [5.41, 5.74) is 2.28. The molecule has 1 saturated carbocycles. The number of nitrogens with one attached hydrogen (secondary N) is 1. The Bertz CT molecular complexity index is 704. The molecule has 1 amide bonds. The normalized spacial score (nSPS) is 18.7. The first-order valence-electron chi connectivity index (χ1n) is 7.69. The summed E-state index contributed by atoms with van der Waals surface area (Å²) in [6.07, 6.45) is 0.849. The van der Waals surface area contributed by atoms with Gasteiger partial charge in [0, 0.05) is 5.92 Å². The number of carbonyl (C=O) groups is 1. The van der Waals surface area contributed by atoms with E-state index in [0.29, 0.717) is 6.61 Å². The molecule has 2 aromatic carbocycles. The molecule has 116 valence electrons. The zero-order valence-electron chi connectivity index (χ0n) is 12.7. The van der Waals surface area contributed by atoms with Gasteiger partial charge in [0.05, 0.1) is 6.07 Å². The van der Waals surface area contributed by atoms with E-state index >= 15 is 0 Å². The largest absolute Gasteiger partial charge is 0.489 e. The van der Waals surface area contributed by atoms with Crippen LogP contribution in [-0.2, 0) is 11.4 Å². The summed E-state index contributed by atoms with van der Waals surface area (Å²) in [5.74, 6) is 1.06. The molecule has 0 bridgehead atoms. The molecule has 0 saturated heterocycles. The highest BCUT2D eigenvalue weighted by molar-refractivity contribution is 5.83. The lowest BCUT2D eigenvalue weighted by Gasteiger charge is -2.07.